The molecule has 0 aromatic carbocycles. The Balaban J connectivity index is 1.57. The van der Waals surface area contributed by atoms with Crippen LogP contribution in [0.2, 0.25) is 0 Å². The Labute approximate surface area is 110 Å². The number of nitrogens with zero attached hydrogens (tertiary/aromatic N) is 2. The highest BCUT2D eigenvalue weighted by atomic mass is 32.1. The minimum Gasteiger partial charge on any atom is -0.370 e. The fourth-order valence-electron chi connectivity index (χ4n) is 2.03. The van der Waals surface area contributed by atoms with Crippen molar-refractivity contribution in [2.45, 2.75) is 25.6 Å². The van der Waals surface area contributed by atoms with Gasteiger partial charge in [-0.3, -0.25) is 5.10 Å². The fraction of sp³-hybridized carbons (Fsp3) is 0.500. The van der Waals surface area contributed by atoms with Crippen LogP contribution in [-0.2, 0) is 11.3 Å². The molecule has 0 bridgehead atoms. The predicted octanol–water partition coefficient (Wildman–Crippen LogP) is 1.80. The summed E-state index contributed by atoms with van der Waals surface area (Å²) in [7, 11) is 0. The number of hydrogen-bond acceptors (Lipinski definition) is 5. The summed E-state index contributed by atoms with van der Waals surface area (Å²) in [6, 6.07) is 4.02. The first-order valence-electron chi connectivity index (χ1n) is 6.19. The van der Waals surface area contributed by atoms with Gasteiger partial charge in [-0.15, -0.1) is 11.3 Å². The Morgan fingerprint density at radius 2 is 2.28 bits per heavy atom. The minimum absolute atomic E-state index is 0.349. The largest absolute Gasteiger partial charge is 0.370 e. The van der Waals surface area contributed by atoms with Gasteiger partial charge in [0.25, 0.3) is 0 Å². The van der Waals surface area contributed by atoms with Crippen molar-refractivity contribution in [3.8, 4) is 10.7 Å². The van der Waals surface area contributed by atoms with Gasteiger partial charge in [-0.2, -0.15) is 5.10 Å². The molecule has 1 aliphatic heterocycles. The van der Waals surface area contributed by atoms with E-state index in [1.54, 1.807) is 11.3 Å². The molecule has 0 aliphatic carbocycles. The first kappa shape index (κ1) is 11.8. The van der Waals surface area contributed by atoms with Crippen LogP contribution >= 0.6 is 11.3 Å². The standard InChI is InChI=1S/C12H16N4OS/c1-2-10(18-7-1)12-14-11(15-16-12)8-17-9-3-5-13-6-4-9/h1-2,7,9,13H,3-6,8H2,(H,14,15,16). The lowest BCUT2D eigenvalue weighted by Gasteiger charge is -2.22. The summed E-state index contributed by atoms with van der Waals surface area (Å²) >= 11 is 1.64. The van der Waals surface area contributed by atoms with Crippen molar-refractivity contribution in [2.75, 3.05) is 13.1 Å². The second-order valence-electron chi connectivity index (χ2n) is 4.34. The van der Waals surface area contributed by atoms with Crippen LogP contribution in [0.3, 0.4) is 0 Å². The van der Waals surface area contributed by atoms with E-state index in [0.29, 0.717) is 12.7 Å². The maximum Gasteiger partial charge on any atom is 0.191 e. The van der Waals surface area contributed by atoms with Crippen LogP contribution in [0.25, 0.3) is 10.7 Å². The number of ether oxygens (including phenoxy) is 1. The Bertz CT molecular complexity index is 476. The number of nitrogens with one attached hydrogen (secondary N) is 2. The summed E-state index contributed by atoms with van der Waals surface area (Å²) in [5, 5.41) is 12.5. The van der Waals surface area contributed by atoms with Gasteiger partial charge in [0, 0.05) is 0 Å². The molecule has 1 saturated heterocycles. The molecule has 1 fully saturated rings. The average Bonchev–Trinajstić information content (AvgIpc) is 3.08. The van der Waals surface area contributed by atoms with Gasteiger partial charge in [-0.1, -0.05) is 6.07 Å². The SMILES string of the molecule is c1csc(-c2n[nH]c(COC3CCNCC3)n2)c1. The highest BCUT2D eigenvalue weighted by molar-refractivity contribution is 7.13. The quantitative estimate of drug-likeness (QED) is 0.884. The van der Waals surface area contributed by atoms with Crippen LogP contribution < -0.4 is 5.32 Å². The Hall–Kier alpha value is -1.24. The lowest BCUT2D eigenvalue weighted by molar-refractivity contribution is 0.0179. The summed E-state index contributed by atoms with van der Waals surface area (Å²) < 4.78 is 5.83. The van der Waals surface area contributed by atoms with Crippen LogP contribution in [0.4, 0.5) is 0 Å². The van der Waals surface area contributed by atoms with Crippen molar-refractivity contribution in [2.24, 2.45) is 0 Å². The smallest absolute Gasteiger partial charge is 0.191 e. The van der Waals surface area contributed by atoms with Crippen LogP contribution in [0.5, 0.6) is 0 Å². The summed E-state index contributed by atoms with van der Waals surface area (Å²) in [5.74, 6) is 1.56. The van der Waals surface area contributed by atoms with Gasteiger partial charge in [0.05, 0.1) is 11.0 Å². The zero-order chi connectivity index (χ0) is 12.2. The van der Waals surface area contributed by atoms with Gasteiger partial charge in [-0.05, 0) is 37.4 Å². The molecule has 6 heteroatoms. The van der Waals surface area contributed by atoms with Crippen LogP contribution in [0.15, 0.2) is 17.5 Å². The molecule has 5 nitrogen and oxygen atoms in total. The Morgan fingerprint density at radius 1 is 1.39 bits per heavy atom. The molecule has 3 heterocycles. The average molecular weight is 264 g/mol. The molecule has 0 spiro atoms. The van der Waals surface area contributed by atoms with E-state index in [-0.39, 0.29) is 0 Å². The van der Waals surface area contributed by atoms with Gasteiger partial charge in [0.1, 0.15) is 6.61 Å². The van der Waals surface area contributed by atoms with Crippen molar-refractivity contribution in [1.29, 1.82) is 0 Å². The van der Waals surface area contributed by atoms with Gasteiger partial charge in [0.2, 0.25) is 0 Å². The number of rotatable bonds is 4. The Morgan fingerprint density at radius 3 is 3.06 bits per heavy atom. The lowest BCUT2D eigenvalue weighted by Crippen LogP contribution is -2.32. The van der Waals surface area contributed by atoms with Crippen molar-refractivity contribution in [3.05, 3.63) is 23.3 Å². The molecule has 18 heavy (non-hydrogen) atoms. The van der Waals surface area contributed by atoms with E-state index in [4.69, 9.17) is 4.74 Å². The molecule has 1 aliphatic rings. The van der Waals surface area contributed by atoms with Crippen LogP contribution in [-0.4, -0.2) is 34.4 Å². The van der Waals surface area contributed by atoms with Crippen LogP contribution in [0.1, 0.15) is 18.7 Å². The zero-order valence-electron chi connectivity index (χ0n) is 10.1. The van der Waals surface area contributed by atoms with Crippen molar-refractivity contribution >= 4 is 11.3 Å². The van der Waals surface area contributed by atoms with E-state index < -0.39 is 0 Å². The van der Waals surface area contributed by atoms with Crippen LogP contribution in [0, 0.1) is 0 Å². The number of thiophene rings is 1. The number of piperidine rings is 1. The first-order valence-corrected chi connectivity index (χ1v) is 7.07. The number of aromatic nitrogens is 3. The molecule has 0 atom stereocenters. The third-order valence-electron chi connectivity index (χ3n) is 3.02. The van der Waals surface area contributed by atoms with E-state index in [1.807, 2.05) is 17.5 Å². The molecular formula is C12H16N4OS. The molecule has 0 radical (unpaired) electrons. The third-order valence-corrected chi connectivity index (χ3v) is 3.88. The van der Waals surface area contributed by atoms with E-state index in [0.717, 1.165) is 42.5 Å². The van der Waals surface area contributed by atoms with Crippen molar-refractivity contribution < 1.29 is 4.74 Å². The molecular weight excluding hydrogens is 248 g/mol. The minimum atomic E-state index is 0.349. The predicted molar refractivity (Wildman–Crippen MR) is 70.4 cm³/mol. The molecule has 0 saturated carbocycles. The maximum atomic E-state index is 5.83. The number of hydrogen-bond donors (Lipinski definition) is 2. The van der Waals surface area contributed by atoms with E-state index >= 15 is 0 Å². The molecule has 2 N–H and O–H groups in total. The summed E-state index contributed by atoms with van der Waals surface area (Å²) in [4.78, 5) is 5.52. The zero-order valence-corrected chi connectivity index (χ0v) is 10.9. The normalized spacial score (nSPS) is 17.1. The second kappa shape index (κ2) is 5.60. The molecule has 96 valence electrons. The van der Waals surface area contributed by atoms with E-state index in [1.165, 1.54) is 0 Å². The van der Waals surface area contributed by atoms with Crippen molar-refractivity contribution in [3.63, 3.8) is 0 Å². The van der Waals surface area contributed by atoms with Gasteiger partial charge < -0.3 is 10.1 Å². The topological polar surface area (TPSA) is 62.8 Å². The molecule has 0 amide bonds. The number of H-pyrrole nitrogens is 1. The van der Waals surface area contributed by atoms with Gasteiger partial charge >= 0.3 is 0 Å². The summed E-state index contributed by atoms with van der Waals surface area (Å²) in [5.41, 5.74) is 0. The molecule has 2 aromatic heterocycles. The number of aromatic amines is 1. The highest BCUT2D eigenvalue weighted by Crippen LogP contribution is 2.20. The lowest BCUT2D eigenvalue weighted by atomic mass is 10.1. The molecule has 2 aromatic rings. The Kier molecular flexibility index (Phi) is 3.68. The third kappa shape index (κ3) is 2.77. The molecule has 0 unspecified atom stereocenters. The van der Waals surface area contributed by atoms with E-state index in [2.05, 4.69) is 20.5 Å². The first-order chi connectivity index (χ1) is 8.92. The van der Waals surface area contributed by atoms with Gasteiger partial charge in [-0.25, -0.2) is 4.98 Å². The van der Waals surface area contributed by atoms with Crippen molar-refractivity contribution in [1.82, 2.24) is 20.5 Å². The summed E-state index contributed by atoms with van der Waals surface area (Å²) in [6.07, 6.45) is 2.50. The molecule has 3 rings (SSSR count). The highest BCUT2D eigenvalue weighted by Gasteiger charge is 2.14. The van der Waals surface area contributed by atoms with E-state index in [9.17, 15) is 0 Å². The summed E-state index contributed by atoms with van der Waals surface area (Å²) in [6.45, 7) is 2.60. The monoisotopic (exact) mass is 264 g/mol. The second-order valence-corrected chi connectivity index (χ2v) is 5.29. The fourth-order valence-corrected chi connectivity index (χ4v) is 2.69. The maximum absolute atomic E-state index is 5.83. The van der Waals surface area contributed by atoms with Gasteiger partial charge in [0.15, 0.2) is 11.6 Å².